The van der Waals surface area contributed by atoms with Crippen LogP contribution in [0, 0.1) is 17.5 Å². The Morgan fingerprint density at radius 1 is 1.03 bits per heavy atom. The fourth-order valence-electron chi connectivity index (χ4n) is 3.02. The predicted molar refractivity (Wildman–Crippen MR) is 118 cm³/mol. The summed E-state index contributed by atoms with van der Waals surface area (Å²) in [6.45, 7) is -0.304. The highest BCUT2D eigenvalue weighted by molar-refractivity contribution is 7.98. The van der Waals surface area contributed by atoms with Gasteiger partial charge in [-0.25, -0.2) is 18.0 Å². The van der Waals surface area contributed by atoms with E-state index in [-0.39, 0.29) is 18.0 Å². The summed E-state index contributed by atoms with van der Waals surface area (Å²) in [5, 5.41) is 12.9. The Kier molecular flexibility index (Phi) is 6.22. The van der Waals surface area contributed by atoms with Crippen LogP contribution in [0.25, 0.3) is 10.9 Å². The van der Waals surface area contributed by atoms with Crippen LogP contribution in [-0.2, 0) is 6.61 Å². The molecule has 0 bridgehead atoms. The molecule has 0 atom stereocenters. The van der Waals surface area contributed by atoms with E-state index in [1.54, 1.807) is 24.3 Å². The van der Waals surface area contributed by atoms with Gasteiger partial charge in [0.15, 0.2) is 17.5 Å². The number of carbonyl (C=O) groups is 1. The maximum Gasteiger partial charge on any atom is 0.324 e. The lowest BCUT2D eigenvalue weighted by atomic mass is 10.2. The highest BCUT2D eigenvalue weighted by Gasteiger charge is 2.13. The lowest BCUT2D eigenvalue weighted by Crippen LogP contribution is -2.20. The minimum absolute atomic E-state index is 0.124. The minimum Gasteiger partial charge on any atom is -0.489 e. The molecule has 0 aliphatic carbocycles. The molecule has 4 aromatic rings. The number of hydrogen-bond acceptors (Lipinski definition) is 4. The van der Waals surface area contributed by atoms with Crippen LogP contribution in [-0.4, -0.2) is 22.5 Å². The van der Waals surface area contributed by atoms with Gasteiger partial charge in [-0.3, -0.25) is 10.4 Å². The molecule has 0 aliphatic heterocycles. The van der Waals surface area contributed by atoms with E-state index in [1.807, 2.05) is 24.5 Å². The number of ether oxygens (including phenoxy) is 1. The highest BCUT2D eigenvalue weighted by atomic mass is 32.2. The Morgan fingerprint density at radius 3 is 2.62 bits per heavy atom. The molecule has 0 saturated heterocycles. The zero-order valence-corrected chi connectivity index (χ0v) is 17.5. The van der Waals surface area contributed by atoms with Crippen LogP contribution in [0.5, 0.6) is 5.75 Å². The average Bonchev–Trinajstić information content (AvgIpc) is 3.17. The van der Waals surface area contributed by atoms with Crippen molar-refractivity contribution in [1.29, 1.82) is 0 Å². The van der Waals surface area contributed by atoms with Crippen LogP contribution in [0.3, 0.4) is 0 Å². The number of urea groups is 1. The second-order valence-corrected chi connectivity index (χ2v) is 7.55. The summed E-state index contributed by atoms with van der Waals surface area (Å²) < 4.78 is 45.8. The maximum absolute atomic E-state index is 13.8. The number of anilines is 2. The van der Waals surface area contributed by atoms with Gasteiger partial charge in [0.1, 0.15) is 18.2 Å². The molecule has 4 rings (SSSR count). The third kappa shape index (κ3) is 4.65. The number of fused-ring (bicyclic) bond motifs is 1. The van der Waals surface area contributed by atoms with Crippen molar-refractivity contribution in [2.24, 2.45) is 0 Å². The Balaban J connectivity index is 1.49. The van der Waals surface area contributed by atoms with Gasteiger partial charge in [0.2, 0.25) is 0 Å². The summed E-state index contributed by atoms with van der Waals surface area (Å²) in [5.41, 5.74) is 1.17. The lowest BCUT2D eigenvalue weighted by Gasteiger charge is -2.10. The molecule has 3 aromatic carbocycles. The fraction of sp³-hybridized carbons (Fsp3) is 0.0909. The maximum atomic E-state index is 13.8. The van der Waals surface area contributed by atoms with E-state index in [0.29, 0.717) is 28.4 Å². The molecule has 1 heterocycles. The first kappa shape index (κ1) is 21.6. The summed E-state index contributed by atoms with van der Waals surface area (Å²) in [5.74, 6) is -2.73. The zero-order valence-electron chi connectivity index (χ0n) is 16.7. The molecule has 2 amide bonds. The van der Waals surface area contributed by atoms with Crippen molar-refractivity contribution in [1.82, 2.24) is 10.2 Å². The van der Waals surface area contributed by atoms with E-state index >= 15 is 0 Å². The number of benzene rings is 3. The van der Waals surface area contributed by atoms with Crippen LogP contribution >= 0.6 is 11.8 Å². The number of para-hydroxylation sites is 1. The summed E-state index contributed by atoms with van der Waals surface area (Å²) in [4.78, 5) is 13.4. The largest absolute Gasteiger partial charge is 0.489 e. The monoisotopic (exact) mass is 458 g/mol. The number of rotatable bonds is 6. The molecule has 0 radical (unpaired) electrons. The van der Waals surface area contributed by atoms with Crippen LogP contribution in [0.15, 0.2) is 59.5 Å². The molecule has 3 N–H and O–H groups in total. The molecular weight excluding hydrogens is 441 g/mol. The number of aromatic nitrogens is 2. The van der Waals surface area contributed by atoms with Crippen molar-refractivity contribution in [3.63, 3.8) is 0 Å². The quantitative estimate of drug-likeness (QED) is 0.247. The summed E-state index contributed by atoms with van der Waals surface area (Å²) in [7, 11) is 0. The number of amides is 2. The number of halogens is 3. The molecule has 0 aliphatic rings. The molecule has 10 heteroatoms. The normalized spacial score (nSPS) is 10.9. The van der Waals surface area contributed by atoms with Gasteiger partial charge in [0, 0.05) is 21.9 Å². The van der Waals surface area contributed by atoms with Crippen molar-refractivity contribution >= 4 is 40.2 Å². The van der Waals surface area contributed by atoms with Crippen molar-refractivity contribution < 1.29 is 22.7 Å². The Bertz CT molecular complexity index is 1300. The number of carbonyl (C=O) groups excluding carboxylic acids is 1. The molecule has 0 fully saturated rings. The number of nitrogens with zero attached hydrogens (tertiary/aromatic N) is 1. The zero-order chi connectivity index (χ0) is 22.7. The summed E-state index contributed by atoms with van der Waals surface area (Å²) >= 11 is 1.50. The molecule has 0 saturated carbocycles. The van der Waals surface area contributed by atoms with E-state index in [0.717, 1.165) is 11.0 Å². The van der Waals surface area contributed by atoms with Gasteiger partial charge in [0.05, 0.1) is 11.2 Å². The summed E-state index contributed by atoms with van der Waals surface area (Å²) in [6, 6.07) is 13.0. The molecule has 164 valence electrons. The molecule has 6 nitrogen and oxygen atoms in total. The van der Waals surface area contributed by atoms with E-state index in [4.69, 9.17) is 4.74 Å². The minimum atomic E-state index is -1.26. The van der Waals surface area contributed by atoms with Crippen LogP contribution in [0.2, 0.25) is 0 Å². The Morgan fingerprint density at radius 2 is 1.81 bits per heavy atom. The third-order valence-corrected chi connectivity index (χ3v) is 5.40. The van der Waals surface area contributed by atoms with Crippen molar-refractivity contribution in [2.45, 2.75) is 11.5 Å². The average molecular weight is 458 g/mol. The van der Waals surface area contributed by atoms with Crippen LogP contribution in [0.4, 0.5) is 29.5 Å². The second kappa shape index (κ2) is 9.23. The fourth-order valence-corrected chi connectivity index (χ4v) is 3.58. The highest BCUT2D eigenvalue weighted by Crippen LogP contribution is 2.28. The van der Waals surface area contributed by atoms with E-state index < -0.39 is 23.5 Å². The second-order valence-electron chi connectivity index (χ2n) is 6.71. The van der Waals surface area contributed by atoms with Gasteiger partial charge in [-0.2, -0.15) is 5.10 Å². The first-order valence-electron chi connectivity index (χ1n) is 9.40. The van der Waals surface area contributed by atoms with Gasteiger partial charge in [0.25, 0.3) is 0 Å². The topological polar surface area (TPSA) is 79.0 Å². The SMILES string of the molecule is CSc1ccccc1NC(=O)Nc1n[nH]c2ccc(OCc3cc(F)c(F)cc3F)cc12. The molecule has 0 unspecified atom stereocenters. The number of hydrogen-bond donors (Lipinski definition) is 3. The van der Waals surface area contributed by atoms with Crippen LogP contribution in [0.1, 0.15) is 5.56 Å². The smallest absolute Gasteiger partial charge is 0.324 e. The van der Waals surface area contributed by atoms with Crippen LogP contribution < -0.4 is 15.4 Å². The van der Waals surface area contributed by atoms with Gasteiger partial charge in [-0.1, -0.05) is 12.1 Å². The van der Waals surface area contributed by atoms with E-state index in [1.165, 1.54) is 11.8 Å². The van der Waals surface area contributed by atoms with Crippen molar-refractivity contribution in [3.8, 4) is 5.75 Å². The number of nitrogens with one attached hydrogen (secondary N) is 3. The first-order chi connectivity index (χ1) is 15.4. The van der Waals surface area contributed by atoms with Crippen molar-refractivity contribution in [2.75, 3.05) is 16.9 Å². The lowest BCUT2D eigenvalue weighted by molar-refractivity contribution is 0.262. The van der Waals surface area contributed by atoms with Gasteiger partial charge in [-0.05, 0) is 42.7 Å². The third-order valence-electron chi connectivity index (χ3n) is 4.61. The van der Waals surface area contributed by atoms with Gasteiger partial charge in [-0.15, -0.1) is 11.8 Å². The standard InChI is InChI=1S/C22H17F3N4O2S/c1-32-20-5-3-2-4-19(20)26-22(30)27-21-14-9-13(6-7-18(14)28-29-21)31-11-12-8-16(24)17(25)10-15(12)23/h2-10H,11H2,1H3,(H3,26,27,28,29,30). The van der Waals surface area contributed by atoms with E-state index in [9.17, 15) is 18.0 Å². The number of thioether (sulfide) groups is 1. The molecular formula is C22H17F3N4O2S. The van der Waals surface area contributed by atoms with E-state index in [2.05, 4.69) is 20.8 Å². The number of H-pyrrole nitrogens is 1. The molecule has 32 heavy (non-hydrogen) atoms. The number of aromatic amines is 1. The van der Waals surface area contributed by atoms with Crippen molar-refractivity contribution in [3.05, 3.63) is 77.6 Å². The van der Waals surface area contributed by atoms with Gasteiger partial charge >= 0.3 is 6.03 Å². The predicted octanol–water partition coefficient (Wildman–Crippen LogP) is 5.93. The first-order valence-corrected chi connectivity index (χ1v) is 10.6. The Hall–Kier alpha value is -3.66. The van der Waals surface area contributed by atoms with Gasteiger partial charge < -0.3 is 10.1 Å². The summed E-state index contributed by atoms with van der Waals surface area (Å²) in [6.07, 6.45) is 1.91. The Labute approximate surface area is 185 Å². The molecule has 1 aromatic heterocycles. The molecule has 0 spiro atoms.